The lowest BCUT2D eigenvalue weighted by Gasteiger charge is -2.09. The highest BCUT2D eigenvalue weighted by Crippen LogP contribution is 2.34. The van der Waals surface area contributed by atoms with Gasteiger partial charge in [-0.25, -0.2) is 0 Å². The average Bonchev–Trinajstić information content (AvgIpc) is 2.71. The van der Waals surface area contributed by atoms with Gasteiger partial charge in [0.15, 0.2) is 0 Å². The van der Waals surface area contributed by atoms with E-state index in [0.29, 0.717) is 19.5 Å². The maximum Gasteiger partial charge on any atom is 0.325 e. The molecule has 3 N–H and O–H groups in total. The van der Waals surface area contributed by atoms with E-state index in [0.717, 1.165) is 28.1 Å². The maximum atomic E-state index is 10.8. The average molecular weight is 452 g/mol. The molecule has 0 aliphatic rings. The fourth-order valence-corrected chi connectivity index (χ4v) is 4.33. The molecule has 0 spiro atoms. The van der Waals surface area contributed by atoms with Crippen molar-refractivity contribution in [3.05, 3.63) is 58.6 Å². The van der Waals surface area contributed by atoms with E-state index in [-0.39, 0.29) is 6.16 Å². The van der Waals surface area contributed by atoms with Crippen LogP contribution in [-0.4, -0.2) is 22.5 Å². The summed E-state index contributed by atoms with van der Waals surface area (Å²) in [7, 11) is -3.89. The summed E-state index contributed by atoms with van der Waals surface area (Å²) < 4.78 is 10.8. The van der Waals surface area contributed by atoms with Gasteiger partial charge in [-0.2, -0.15) is 0 Å². The van der Waals surface area contributed by atoms with Gasteiger partial charge in [0, 0.05) is 11.6 Å². The molecule has 0 saturated heterocycles. The van der Waals surface area contributed by atoms with Crippen molar-refractivity contribution < 1.29 is 14.4 Å². The van der Waals surface area contributed by atoms with E-state index in [9.17, 15) is 4.57 Å². The summed E-state index contributed by atoms with van der Waals surface area (Å²) in [5, 5.41) is 4.07. The second-order valence-electron chi connectivity index (χ2n) is 7.94. The van der Waals surface area contributed by atoms with Gasteiger partial charge in [0.2, 0.25) is 0 Å². The van der Waals surface area contributed by atoms with E-state index in [2.05, 4.69) is 54.7 Å². The first-order chi connectivity index (χ1) is 14.4. The lowest BCUT2D eigenvalue weighted by molar-refractivity contribution is 0.371. The monoisotopic (exact) mass is 451 g/mol. The van der Waals surface area contributed by atoms with Crippen LogP contribution in [0, 0.1) is 0 Å². The Morgan fingerprint density at radius 1 is 0.900 bits per heavy atom. The summed E-state index contributed by atoms with van der Waals surface area (Å²) in [5.74, 6) is 0. The Kier molecular flexibility index (Phi) is 11.1. The van der Waals surface area contributed by atoms with Crippen LogP contribution in [-0.2, 0) is 17.5 Å². The van der Waals surface area contributed by atoms with Gasteiger partial charge in [-0.1, -0.05) is 87.0 Å². The number of benzene rings is 2. The molecule has 0 aliphatic heterocycles. The molecular formula is C24H35ClNO3P. The smallest absolute Gasteiger partial charge is 0.324 e. The molecule has 6 heteroatoms. The minimum absolute atomic E-state index is 0.0749. The molecule has 166 valence electrons. The van der Waals surface area contributed by atoms with Crippen LogP contribution in [0.4, 0.5) is 0 Å². The molecule has 0 aliphatic carbocycles. The Bertz CT molecular complexity index is 805. The van der Waals surface area contributed by atoms with Crippen molar-refractivity contribution in [2.75, 3.05) is 12.7 Å². The normalized spacial score (nSPS) is 11.7. The molecule has 0 saturated carbocycles. The quantitative estimate of drug-likeness (QED) is 0.224. The Labute approximate surface area is 186 Å². The number of aryl methyl sites for hydroxylation is 1. The van der Waals surface area contributed by atoms with E-state index in [1.54, 1.807) is 0 Å². The van der Waals surface area contributed by atoms with Gasteiger partial charge in [-0.15, -0.1) is 0 Å². The van der Waals surface area contributed by atoms with Gasteiger partial charge in [0.05, 0.1) is 6.16 Å². The first-order valence-corrected chi connectivity index (χ1v) is 13.2. The molecule has 0 radical (unpaired) electrons. The van der Waals surface area contributed by atoms with Crippen LogP contribution in [0.5, 0.6) is 0 Å². The standard InChI is InChI=1S/C24H35ClNO3P/c1-2-3-4-5-6-7-9-22-14-15-23(18-24(22)25)21-12-10-20(11-13-21)19-26-16-8-17-30(27,28)29/h10-15,18,26H,2-9,16-17,19H2,1H3,(H2,27,28,29). The summed E-state index contributed by atoms with van der Waals surface area (Å²) in [6.07, 6.45) is 9.16. The Morgan fingerprint density at radius 3 is 2.23 bits per heavy atom. The van der Waals surface area contributed by atoms with Crippen molar-refractivity contribution in [3.8, 4) is 11.1 Å². The van der Waals surface area contributed by atoms with Crippen LogP contribution in [0.2, 0.25) is 5.02 Å². The highest BCUT2D eigenvalue weighted by atomic mass is 35.5. The molecule has 0 heterocycles. The topological polar surface area (TPSA) is 69.6 Å². The van der Waals surface area contributed by atoms with Crippen LogP contribution in [0.25, 0.3) is 11.1 Å². The third-order valence-corrected chi connectivity index (χ3v) is 6.52. The Hall–Kier alpha value is -1.16. The number of unbranched alkanes of at least 4 members (excludes halogenated alkanes) is 5. The second kappa shape index (κ2) is 13.3. The van der Waals surface area contributed by atoms with E-state index in [1.807, 2.05) is 0 Å². The molecule has 0 fully saturated rings. The summed E-state index contributed by atoms with van der Waals surface area (Å²) >= 11 is 6.54. The van der Waals surface area contributed by atoms with E-state index in [1.165, 1.54) is 44.1 Å². The zero-order chi connectivity index (χ0) is 21.8. The van der Waals surface area contributed by atoms with Crippen LogP contribution < -0.4 is 5.32 Å². The molecular weight excluding hydrogens is 417 g/mol. The van der Waals surface area contributed by atoms with Crippen molar-refractivity contribution in [2.24, 2.45) is 0 Å². The third-order valence-electron chi connectivity index (χ3n) is 5.27. The summed E-state index contributed by atoms with van der Waals surface area (Å²) in [6, 6.07) is 14.7. The Morgan fingerprint density at radius 2 is 1.57 bits per heavy atom. The highest BCUT2D eigenvalue weighted by Gasteiger charge is 2.11. The molecule has 30 heavy (non-hydrogen) atoms. The van der Waals surface area contributed by atoms with Gasteiger partial charge < -0.3 is 15.1 Å². The number of rotatable bonds is 14. The van der Waals surface area contributed by atoms with Crippen molar-refractivity contribution in [1.82, 2.24) is 5.32 Å². The van der Waals surface area contributed by atoms with E-state index in [4.69, 9.17) is 21.4 Å². The predicted molar refractivity (Wildman–Crippen MR) is 127 cm³/mol. The van der Waals surface area contributed by atoms with Crippen LogP contribution >= 0.6 is 19.2 Å². The summed E-state index contributed by atoms with van der Waals surface area (Å²) in [5.41, 5.74) is 4.62. The SMILES string of the molecule is CCCCCCCCc1ccc(-c2ccc(CNCCCP(=O)(O)O)cc2)cc1Cl. The van der Waals surface area contributed by atoms with Crippen molar-refractivity contribution in [1.29, 1.82) is 0 Å². The minimum atomic E-state index is -3.89. The van der Waals surface area contributed by atoms with Gasteiger partial charge >= 0.3 is 7.60 Å². The number of hydrogen-bond acceptors (Lipinski definition) is 2. The van der Waals surface area contributed by atoms with E-state index >= 15 is 0 Å². The molecule has 0 bridgehead atoms. The molecule has 2 aromatic rings. The largest absolute Gasteiger partial charge is 0.325 e. The van der Waals surface area contributed by atoms with Crippen molar-refractivity contribution in [3.63, 3.8) is 0 Å². The van der Waals surface area contributed by atoms with Crippen LogP contribution in [0.15, 0.2) is 42.5 Å². The zero-order valence-corrected chi connectivity index (χ0v) is 19.6. The lowest BCUT2D eigenvalue weighted by Crippen LogP contribution is -2.15. The second-order valence-corrected chi connectivity index (χ2v) is 10.1. The number of nitrogens with one attached hydrogen (secondary N) is 1. The van der Waals surface area contributed by atoms with Gasteiger partial charge in [0.25, 0.3) is 0 Å². The van der Waals surface area contributed by atoms with Gasteiger partial charge in [0.1, 0.15) is 0 Å². The molecule has 0 atom stereocenters. The highest BCUT2D eigenvalue weighted by molar-refractivity contribution is 7.51. The van der Waals surface area contributed by atoms with E-state index < -0.39 is 7.60 Å². The van der Waals surface area contributed by atoms with Crippen LogP contribution in [0.3, 0.4) is 0 Å². The van der Waals surface area contributed by atoms with Crippen LogP contribution in [0.1, 0.15) is 63.0 Å². The fraction of sp³-hybridized carbons (Fsp3) is 0.500. The zero-order valence-electron chi connectivity index (χ0n) is 17.9. The van der Waals surface area contributed by atoms with Gasteiger partial charge in [-0.05, 0) is 54.1 Å². The molecule has 4 nitrogen and oxygen atoms in total. The first-order valence-electron chi connectivity index (χ1n) is 11.0. The number of hydrogen-bond donors (Lipinski definition) is 3. The van der Waals surface area contributed by atoms with Gasteiger partial charge in [-0.3, -0.25) is 4.57 Å². The summed E-state index contributed by atoms with van der Waals surface area (Å²) in [6.45, 7) is 3.51. The first kappa shape index (κ1) is 25.1. The third kappa shape index (κ3) is 9.76. The molecule has 0 aromatic heterocycles. The van der Waals surface area contributed by atoms with Crippen molar-refractivity contribution in [2.45, 2.75) is 64.8 Å². The molecule has 0 unspecified atom stereocenters. The number of halogens is 1. The lowest BCUT2D eigenvalue weighted by atomic mass is 10.00. The van der Waals surface area contributed by atoms with Crippen molar-refractivity contribution >= 4 is 19.2 Å². The minimum Gasteiger partial charge on any atom is -0.324 e. The maximum absolute atomic E-state index is 10.8. The summed E-state index contributed by atoms with van der Waals surface area (Å²) in [4.78, 5) is 17.7. The molecule has 2 aromatic carbocycles. The molecule has 2 rings (SSSR count). The fourth-order valence-electron chi connectivity index (χ4n) is 3.48. The Balaban J connectivity index is 1.80. The predicted octanol–water partition coefficient (Wildman–Crippen LogP) is 6.57. The molecule has 0 amide bonds.